The first-order valence-electron chi connectivity index (χ1n) is 8.68. The zero-order valence-corrected chi connectivity index (χ0v) is 14.2. The molecular formula is C18H21N3O4. The number of hydrogen-bond donors (Lipinski definition) is 1. The molecule has 7 nitrogen and oxygen atoms in total. The van der Waals surface area contributed by atoms with Crippen molar-refractivity contribution in [2.45, 2.75) is 38.1 Å². The van der Waals surface area contributed by atoms with Crippen LogP contribution in [-0.2, 0) is 4.79 Å². The lowest BCUT2D eigenvalue weighted by Gasteiger charge is -2.33. The van der Waals surface area contributed by atoms with Crippen LogP contribution >= 0.6 is 0 Å². The van der Waals surface area contributed by atoms with Gasteiger partial charge < -0.3 is 14.8 Å². The summed E-state index contributed by atoms with van der Waals surface area (Å²) in [6.45, 7) is 3.21. The van der Waals surface area contributed by atoms with Crippen LogP contribution in [0.3, 0.4) is 0 Å². The van der Waals surface area contributed by atoms with E-state index in [1.165, 1.54) is 6.21 Å². The highest BCUT2D eigenvalue weighted by Crippen LogP contribution is 2.36. The van der Waals surface area contributed by atoms with Gasteiger partial charge in [0.15, 0.2) is 11.5 Å². The van der Waals surface area contributed by atoms with Crippen molar-refractivity contribution in [3.8, 4) is 11.5 Å². The third-order valence-electron chi connectivity index (χ3n) is 5.16. The van der Waals surface area contributed by atoms with Gasteiger partial charge in [-0.05, 0) is 55.4 Å². The number of urea groups is 1. The summed E-state index contributed by atoms with van der Waals surface area (Å²) in [4.78, 5) is 25.0. The van der Waals surface area contributed by atoms with Gasteiger partial charge in [0.2, 0.25) is 0 Å². The number of fused-ring (bicyclic) bond motifs is 1. The molecule has 132 valence electrons. The lowest BCUT2D eigenvalue weighted by molar-refractivity contribution is -0.132. The number of carbonyl (C=O) groups is 2. The highest BCUT2D eigenvalue weighted by atomic mass is 16.6. The standard InChI is InChI=1S/C18H21N3O4/c1-12-4-6-18(7-5-12)16(22)21(17(23)20-18)19-11-13-2-3-14-15(10-13)25-9-8-24-14/h2-3,10-12H,4-9H2,1H3,(H,20,23)/b19-11-. The van der Waals surface area contributed by atoms with E-state index < -0.39 is 11.6 Å². The van der Waals surface area contributed by atoms with Crippen molar-refractivity contribution < 1.29 is 19.1 Å². The molecule has 0 atom stereocenters. The van der Waals surface area contributed by atoms with Crippen LogP contribution < -0.4 is 14.8 Å². The molecule has 1 aromatic rings. The molecular weight excluding hydrogens is 322 g/mol. The molecule has 4 rings (SSSR count). The van der Waals surface area contributed by atoms with Crippen LogP contribution in [0.4, 0.5) is 4.79 Å². The molecule has 1 N–H and O–H groups in total. The number of hydrogen-bond acceptors (Lipinski definition) is 5. The Kier molecular flexibility index (Phi) is 3.86. The molecule has 1 aromatic carbocycles. The van der Waals surface area contributed by atoms with Gasteiger partial charge >= 0.3 is 6.03 Å². The Bertz CT molecular complexity index is 738. The van der Waals surface area contributed by atoms with E-state index in [2.05, 4.69) is 17.3 Å². The minimum absolute atomic E-state index is 0.252. The van der Waals surface area contributed by atoms with Crippen LogP contribution in [-0.4, -0.2) is 41.9 Å². The SMILES string of the molecule is CC1CCC2(CC1)NC(=O)N(/N=C\c1ccc3c(c1)OCCO3)C2=O. The molecule has 2 heterocycles. The number of nitrogens with one attached hydrogen (secondary N) is 1. The molecule has 1 saturated carbocycles. The molecule has 0 radical (unpaired) electrons. The number of ether oxygens (including phenoxy) is 2. The fourth-order valence-electron chi connectivity index (χ4n) is 3.57. The summed E-state index contributed by atoms with van der Waals surface area (Å²) >= 11 is 0. The largest absolute Gasteiger partial charge is 0.486 e. The van der Waals surface area contributed by atoms with E-state index in [-0.39, 0.29) is 5.91 Å². The van der Waals surface area contributed by atoms with E-state index in [0.29, 0.717) is 43.5 Å². The highest BCUT2D eigenvalue weighted by molar-refractivity contribution is 6.07. The van der Waals surface area contributed by atoms with Gasteiger partial charge in [-0.15, -0.1) is 5.01 Å². The van der Waals surface area contributed by atoms with E-state index in [0.717, 1.165) is 23.4 Å². The summed E-state index contributed by atoms with van der Waals surface area (Å²) in [5.74, 6) is 1.67. The zero-order chi connectivity index (χ0) is 17.4. The summed E-state index contributed by atoms with van der Waals surface area (Å²) in [5, 5.41) is 7.93. The zero-order valence-electron chi connectivity index (χ0n) is 14.2. The van der Waals surface area contributed by atoms with Crippen LogP contribution in [0.2, 0.25) is 0 Å². The van der Waals surface area contributed by atoms with Gasteiger partial charge in [-0.2, -0.15) is 5.10 Å². The van der Waals surface area contributed by atoms with E-state index in [1.54, 1.807) is 12.1 Å². The topological polar surface area (TPSA) is 80.2 Å². The van der Waals surface area contributed by atoms with Gasteiger partial charge in [0.25, 0.3) is 5.91 Å². The smallest absolute Gasteiger partial charge is 0.346 e. The Labute approximate surface area is 146 Å². The Hall–Kier alpha value is -2.57. The third-order valence-corrected chi connectivity index (χ3v) is 5.16. The Morgan fingerprint density at radius 3 is 2.68 bits per heavy atom. The maximum Gasteiger partial charge on any atom is 0.346 e. The first-order chi connectivity index (χ1) is 12.1. The summed E-state index contributed by atoms with van der Waals surface area (Å²) in [5.41, 5.74) is -0.0312. The monoisotopic (exact) mass is 343 g/mol. The highest BCUT2D eigenvalue weighted by Gasteiger charge is 2.52. The molecule has 2 aliphatic heterocycles. The summed E-state index contributed by atoms with van der Waals surface area (Å²) < 4.78 is 11.0. The van der Waals surface area contributed by atoms with Crippen LogP contribution in [0.25, 0.3) is 0 Å². The first kappa shape index (κ1) is 15.9. The Morgan fingerprint density at radius 1 is 1.20 bits per heavy atom. The average Bonchev–Trinajstić information content (AvgIpc) is 2.86. The van der Waals surface area contributed by atoms with Gasteiger partial charge in [0.1, 0.15) is 18.8 Å². The third kappa shape index (κ3) is 2.83. The molecule has 0 unspecified atom stereocenters. The lowest BCUT2D eigenvalue weighted by atomic mass is 9.77. The molecule has 7 heteroatoms. The summed E-state index contributed by atoms with van der Waals surface area (Å²) in [7, 11) is 0. The molecule has 1 spiro atoms. The number of hydrazone groups is 1. The summed E-state index contributed by atoms with van der Waals surface area (Å²) in [6, 6.07) is 4.95. The number of benzene rings is 1. The van der Waals surface area contributed by atoms with E-state index >= 15 is 0 Å². The van der Waals surface area contributed by atoms with Gasteiger partial charge in [-0.25, -0.2) is 4.79 Å². The maximum atomic E-state index is 12.7. The Morgan fingerprint density at radius 2 is 1.92 bits per heavy atom. The van der Waals surface area contributed by atoms with Crippen molar-refractivity contribution in [3.63, 3.8) is 0 Å². The molecule has 0 bridgehead atoms. The predicted octanol–water partition coefficient (Wildman–Crippen LogP) is 2.29. The number of nitrogens with zero attached hydrogens (tertiary/aromatic N) is 2. The van der Waals surface area contributed by atoms with E-state index in [9.17, 15) is 9.59 Å². The number of imide groups is 1. The number of amides is 3. The Balaban J connectivity index is 1.51. The molecule has 1 saturated heterocycles. The van der Waals surface area contributed by atoms with Gasteiger partial charge in [-0.3, -0.25) is 4.79 Å². The van der Waals surface area contributed by atoms with Crippen molar-refractivity contribution in [3.05, 3.63) is 23.8 Å². The van der Waals surface area contributed by atoms with Gasteiger partial charge in [-0.1, -0.05) is 6.92 Å². The quantitative estimate of drug-likeness (QED) is 0.660. The van der Waals surface area contributed by atoms with Crippen molar-refractivity contribution in [2.24, 2.45) is 11.0 Å². The van der Waals surface area contributed by atoms with E-state index in [4.69, 9.17) is 9.47 Å². The predicted molar refractivity (Wildman–Crippen MR) is 90.8 cm³/mol. The van der Waals surface area contributed by atoms with Gasteiger partial charge in [0, 0.05) is 0 Å². The van der Waals surface area contributed by atoms with Crippen molar-refractivity contribution in [1.82, 2.24) is 10.3 Å². The van der Waals surface area contributed by atoms with Crippen LogP contribution in [0.1, 0.15) is 38.2 Å². The molecule has 3 amide bonds. The van der Waals surface area contributed by atoms with Gasteiger partial charge in [0.05, 0.1) is 6.21 Å². The van der Waals surface area contributed by atoms with Crippen molar-refractivity contribution >= 4 is 18.2 Å². The first-order valence-corrected chi connectivity index (χ1v) is 8.68. The van der Waals surface area contributed by atoms with E-state index in [1.807, 2.05) is 6.07 Å². The minimum Gasteiger partial charge on any atom is -0.486 e. The molecule has 0 aromatic heterocycles. The molecule has 3 aliphatic rings. The second-order valence-electron chi connectivity index (χ2n) is 6.96. The summed E-state index contributed by atoms with van der Waals surface area (Å²) in [6.07, 6.45) is 4.72. The minimum atomic E-state index is -0.770. The fraction of sp³-hybridized carbons (Fsp3) is 0.500. The molecule has 2 fully saturated rings. The normalized spacial score (nSPS) is 28.7. The van der Waals surface area contributed by atoms with Crippen LogP contribution in [0, 0.1) is 5.92 Å². The maximum absolute atomic E-state index is 12.7. The second kappa shape index (κ2) is 6.06. The molecule has 25 heavy (non-hydrogen) atoms. The van der Waals surface area contributed by atoms with Crippen LogP contribution in [0.5, 0.6) is 11.5 Å². The fourth-order valence-corrected chi connectivity index (χ4v) is 3.57. The molecule has 1 aliphatic carbocycles. The average molecular weight is 343 g/mol. The second-order valence-corrected chi connectivity index (χ2v) is 6.96. The number of rotatable bonds is 2. The van der Waals surface area contributed by atoms with Crippen molar-refractivity contribution in [2.75, 3.05) is 13.2 Å². The van der Waals surface area contributed by atoms with Crippen LogP contribution in [0.15, 0.2) is 23.3 Å². The van der Waals surface area contributed by atoms with Crippen molar-refractivity contribution in [1.29, 1.82) is 0 Å². The number of carbonyl (C=O) groups excluding carboxylic acids is 2. The lowest BCUT2D eigenvalue weighted by Crippen LogP contribution is -2.49.